The van der Waals surface area contributed by atoms with Crippen LogP contribution in [0.4, 0.5) is 4.79 Å². The number of carbonyl (C=O) groups is 1. The fourth-order valence-electron chi connectivity index (χ4n) is 1.90. The second-order valence-electron chi connectivity index (χ2n) is 5.22. The first-order valence-electron chi connectivity index (χ1n) is 7.21. The molecule has 2 heterocycles. The molecule has 2 amide bonds. The lowest BCUT2D eigenvalue weighted by molar-refractivity contribution is 0.0598. The Kier molecular flexibility index (Phi) is 5.93. The van der Waals surface area contributed by atoms with Gasteiger partial charge in [-0.15, -0.1) is 11.3 Å². The minimum absolute atomic E-state index is 0.173. The summed E-state index contributed by atoms with van der Waals surface area (Å²) in [5.41, 5.74) is -0.240. The number of nitrogens with one attached hydrogen (secondary N) is 2. The Morgan fingerprint density at radius 1 is 1.45 bits per heavy atom. The van der Waals surface area contributed by atoms with Crippen LogP contribution in [0.25, 0.3) is 0 Å². The zero-order valence-electron chi connectivity index (χ0n) is 12.8. The maximum atomic E-state index is 11.8. The highest BCUT2D eigenvalue weighted by Crippen LogP contribution is 2.21. The number of thiophene rings is 1. The predicted molar refractivity (Wildman–Crippen MR) is 90.5 cm³/mol. The summed E-state index contributed by atoms with van der Waals surface area (Å²) < 4.78 is 0. The van der Waals surface area contributed by atoms with Crippen molar-refractivity contribution in [3.05, 3.63) is 38.5 Å². The van der Waals surface area contributed by atoms with Gasteiger partial charge in [-0.2, -0.15) is 11.3 Å². The van der Waals surface area contributed by atoms with Gasteiger partial charge in [0.05, 0.1) is 11.6 Å². The van der Waals surface area contributed by atoms with Crippen LogP contribution < -0.4 is 10.6 Å². The molecule has 2 rings (SSSR count). The van der Waals surface area contributed by atoms with Crippen LogP contribution in [0.5, 0.6) is 0 Å². The number of aromatic nitrogens is 1. The summed E-state index contributed by atoms with van der Waals surface area (Å²) in [4.78, 5) is 17.3. The van der Waals surface area contributed by atoms with Gasteiger partial charge < -0.3 is 15.7 Å². The standard InChI is InChI=1S/C15H21N3O2S2/c1-3-12-8-17-13(22-12)4-6-16-14(19)18-10-15(2,20)11-5-7-21-9-11/h5,7-9,20H,3-4,6,10H2,1-2H3,(H2,16,18,19). The van der Waals surface area contributed by atoms with E-state index in [9.17, 15) is 9.90 Å². The number of hydrogen-bond donors (Lipinski definition) is 3. The van der Waals surface area contributed by atoms with Gasteiger partial charge in [0, 0.05) is 24.0 Å². The molecule has 22 heavy (non-hydrogen) atoms. The number of hydrogen-bond acceptors (Lipinski definition) is 5. The number of carbonyl (C=O) groups excluding carboxylic acids is 1. The average molecular weight is 339 g/mol. The Labute approximate surface area is 138 Å². The van der Waals surface area contributed by atoms with Crippen molar-refractivity contribution in [1.29, 1.82) is 0 Å². The molecule has 0 bridgehead atoms. The van der Waals surface area contributed by atoms with Crippen LogP contribution in [0.3, 0.4) is 0 Å². The van der Waals surface area contributed by atoms with E-state index in [1.165, 1.54) is 16.2 Å². The van der Waals surface area contributed by atoms with Crippen molar-refractivity contribution in [2.24, 2.45) is 0 Å². The SMILES string of the molecule is CCc1cnc(CCNC(=O)NCC(C)(O)c2ccsc2)s1. The van der Waals surface area contributed by atoms with E-state index in [2.05, 4.69) is 22.5 Å². The predicted octanol–water partition coefficient (Wildman–Crippen LogP) is 2.52. The number of nitrogens with zero attached hydrogens (tertiary/aromatic N) is 1. The molecular formula is C15H21N3O2S2. The van der Waals surface area contributed by atoms with E-state index < -0.39 is 5.60 Å². The topological polar surface area (TPSA) is 74.2 Å². The molecule has 3 N–H and O–H groups in total. The highest BCUT2D eigenvalue weighted by Gasteiger charge is 2.24. The van der Waals surface area contributed by atoms with Gasteiger partial charge in [0.2, 0.25) is 0 Å². The highest BCUT2D eigenvalue weighted by atomic mass is 32.1. The molecule has 1 atom stereocenters. The van der Waals surface area contributed by atoms with Crippen LogP contribution >= 0.6 is 22.7 Å². The lowest BCUT2D eigenvalue weighted by atomic mass is 9.99. The molecule has 0 aliphatic carbocycles. The summed E-state index contributed by atoms with van der Waals surface area (Å²) in [6.07, 6.45) is 3.60. The molecule has 2 aromatic rings. The lowest BCUT2D eigenvalue weighted by Gasteiger charge is -2.22. The van der Waals surface area contributed by atoms with Crippen molar-refractivity contribution in [2.75, 3.05) is 13.1 Å². The van der Waals surface area contributed by atoms with E-state index in [1.807, 2.05) is 23.0 Å². The van der Waals surface area contributed by atoms with Gasteiger partial charge in [-0.05, 0) is 35.7 Å². The summed E-state index contributed by atoms with van der Waals surface area (Å²) in [6.45, 7) is 4.50. The molecule has 0 aliphatic heterocycles. The third-order valence-corrected chi connectivity index (χ3v) is 5.20. The largest absolute Gasteiger partial charge is 0.384 e. The summed E-state index contributed by atoms with van der Waals surface area (Å²) in [5, 5.41) is 20.6. The molecule has 0 aliphatic rings. The maximum absolute atomic E-state index is 11.8. The van der Waals surface area contributed by atoms with Gasteiger partial charge >= 0.3 is 6.03 Å². The molecule has 5 nitrogen and oxygen atoms in total. The average Bonchev–Trinajstić information content (AvgIpc) is 3.16. The van der Waals surface area contributed by atoms with Gasteiger partial charge in [0.1, 0.15) is 5.60 Å². The Morgan fingerprint density at radius 2 is 2.27 bits per heavy atom. The van der Waals surface area contributed by atoms with Gasteiger partial charge in [0.25, 0.3) is 0 Å². The first kappa shape index (κ1) is 16.9. The van der Waals surface area contributed by atoms with Crippen LogP contribution in [0, 0.1) is 0 Å². The summed E-state index contributed by atoms with van der Waals surface area (Å²) in [7, 11) is 0. The second kappa shape index (κ2) is 7.71. The third kappa shape index (κ3) is 4.79. The van der Waals surface area contributed by atoms with Gasteiger partial charge in [-0.25, -0.2) is 9.78 Å². The van der Waals surface area contributed by atoms with E-state index in [-0.39, 0.29) is 12.6 Å². The Balaban J connectivity index is 1.69. The van der Waals surface area contributed by atoms with Crippen LogP contribution in [-0.2, 0) is 18.4 Å². The van der Waals surface area contributed by atoms with Gasteiger partial charge in [0.15, 0.2) is 0 Å². The molecule has 0 spiro atoms. The molecular weight excluding hydrogens is 318 g/mol. The molecule has 0 aromatic carbocycles. The summed E-state index contributed by atoms with van der Waals surface area (Å²) >= 11 is 3.20. The van der Waals surface area contributed by atoms with Gasteiger partial charge in [-0.1, -0.05) is 6.92 Å². The van der Waals surface area contributed by atoms with E-state index in [4.69, 9.17) is 0 Å². The second-order valence-corrected chi connectivity index (χ2v) is 7.20. The van der Waals surface area contributed by atoms with Crippen molar-refractivity contribution in [3.8, 4) is 0 Å². The number of aliphatic hydroxyl groups is 1. The number of rotatable bonds is 7. The summed E-state index contributed by atoms with van der Waals surface area (Å²) in [6, 6.07) is 1.58. The number of amides is 2. The molecule has 0 fully saturated rings. The van der Waals surface area contributed by atoms with Crippen molar-refractivity contribution in [1.82, 2.24) is 15.6 Å². The number of aryl methyl sites for hydroxylation is 1. The smallest absolute Gasteiger partial charge is 0.314 e. The molecule has 0 radical (unpaired) electrons. The molecule has 120 valence electrons. The van der Waals surface area contributed by atoms with Crippen molar-refractivity contribution >= 4 is 28.7 Å². The highest BCUT2D eigenvalue weighted by molar-refractivity contribution is 7.11. The lowest BCUT2D eigenvalue weighted by Crippen LogP contribution is -2.43. The van der Waals surface area contributed by atoms with Crippen LogP contribution in [0.15, 0.2) is 23.0 Å². The summed E-state index contributed by atoms with van der Waals surface area (Å²) in [5.74, 6) is 0. The Morgan fingerprint density at radius 3 is 2.91 bits per heavy atom. The molecule has 2 aromatic heterocycles. The van der Waals surface area contributed by atoms with Crippen LogP contribution in [-0.4, -0.2) is 29.2 Å². The molecule has 7 heteroatoms. The van der Waals surface area contributed by atoms with Crippen molar-refractivity contribution < 1.29 is 9.90 Å². The maximum Gasteiger partial charge on any atom is 0.314 e. The van der Waals surface area contributed by atoms with E-state index in [0.717, 1.165) is 23.4 Å². The Hall–Kier alpha value is -1.44. The zero-order chi connectivity index (χ0) is 16.0. The van der Waals surface area contributed by atoms with Crippen molar-refractivity contribution in [2.45, 2.75) is 32.3 Å². The minimum atomic E-state index is -1.05. The van der Waals surface area contributed by atoms with E-state index in [1.54, 1.807) is 18.3 Å². The fraction of sp³-hybridized carbons (Fsp3) is 0.467. The van der Waals surface area contributed by atoms with Gasteiger partial charge in [-0.3, -0.25) is 0 Å². The first-order chi connectivity index (χ1) is 10.5. The zero-order valence-corrected chi connectivity index (χ0v) is 14.4. The molecule has 1 unspecified atom stereocenters. The quantitative estimate of drug-likeness (QED) is 0.726. The number of thiazole rings is 1. The van der Waals surface area contributed by atoms with E-state index in [0.29, 0.717) is 6.54 Å². The van der Waals surface area contributed by atoms with Crippen LogP contribution in [0.1, 0.15) is 29.3 Å². The normalized spacial score (nSPS) is 13.6. The van der Waals surface area contributed by atoms with Crippen LogP contribution in [0.2, 0.25) is 0 Å². The Bertz CT molecular complexity index is 594. The minimum Gasteiger partial charge on any atom is -0.384 e. The first-order valence-corrected chi connectivity index (χ1v) is 8.97. The van der Waals surface area contributed by atoms with E-state index >= 15 is 0 Å². The number of urea groups is 1. The third-order valence-electron chi connectivity index (χ3n) is 3.31. The molecule has 0 saturated carbocycles. The van der Waals surface area contributed by atoms with Crippen molar-refractivity contribution in [3.63, 3.8) is 0 Å². The fourth-order valence-corrected chi connectivity index (χ4v) is 3.54. The molecule has 0 saturated heterocycles. The monoisotopic (exact) mass is 339 g/mol.